The predicted molar refractivity (Wildman–Crippen MR) is 67.7 cm³/mol. The molecule has 0 saturated carbocycles. The molecule has 1 aromatic carbocycles. The summed E-state index contributed by atoms with van der Waals surface area (Å²) in [4.78, 5) is 6.13. The van der Waals surface area contributed by atoms with Crippen molar-refractivity contribution < 1.29 is 0 Å². The topological polar surface area (TPSA) is 38.9 Å². The third kappa shape index (κ3) is 2.76. The van der Waals surface area contributed by atoms with Crippen LogP contribution in [0.5, 0.6) is 0 Å². The van der Waals surface area contributed by atoms with Gasteiger partial charge in [-0.1, -0.05) is 29.4 Å². The first-order valence-electron chi connectivity index (χ1n) is 4.86. The van der Waals surface area contributed by atoms with Crippen molar-refractivity contribution in [1.29, 1.82) is 0 Å². The van der Waals surface area contributed by atoms with E-state index in [0.717, 1.165) is 20.4 Å². The molecular formula is C12H11ClN2S. The van der Waals surface area contributed by atoms with E-state index in [9.17, 15) is 0 Å². The first kappa shape index (κ1) is 11.5. The second kappa shape index (κ2) is 5.34. The van der Waals surface area contributed by atoms with Gasteiger partial charge in [0.2, 0.25) is 0 Å². The van der Waals surface area contributed by atoms with Gasteiger partial charge < -0.3 is 5.73 Å². The molecule has 2 N–H and O–H groups in total. The summed E-state index contributed by atoms with van der Waals surface area (Å²) in [6, 6.07) is 9.81. The van der Waals surface area contributed by atoms with E-state index in [1.54, 1.807) is 24.2 Å². The quantitative estimate of drug-likeness (QED) is 0.908. The van der Waals surface area contributed by atoms with Crippen LogP contribution < -0.4 is 5.73 Å². The Bertz CT molecular complexity index is 474. The molecule has 0 unspecified atom stereocenters. The van der Waals surface area contributed by atoms with Crippen molar-refractivity contribution in [3.8, 4) is 0 Å². The Morgan fingerprint density at radius 3 is 2.56 bits per heavy atom. The maximum atomic E-state index is 6.17. The van der Waals surface area contributed by atoms with Crippen molar-refractivity contribution in [3.63, 3.8) is 0 Å². The summed E-state index contributed by atoms with van der Waals surface area (Å²) in [7, 11) is 0. The molecule has 16 heavy (non-hydrogen) atoms. The van der Waals surface area contributed by atoms with E-state index < -0.39 is 0 Å². The molecule has 2 rings (SSSR count). The Hall–Kier alpha value is -1.03. The molecule has 0 aliphatic heterocycles. The van der Waals surface area contributed by atoms with Crippen LogP contribution in [0.4, 0.5) is 0 Å². The van der Waals surface area contributed by atoms with E-state index in [1.165, 1.54) is 0 Å². The van der Waals surface area contributed by atoms with E-state index in [-0.39, 0.29) is 0 Å². The summed E-state index contributed by atoms with van der Waals surface area (Å²) in [5.74, 6) is 0. The Balaban J connectivity index is 2.22. The zero-order chi connectivity index (χ0) is 11.4. The van der Waals surface area contributed by atoms with E-state index in [1.807, 2.05) is 30.3 Å². The minimum Gasteiger partial charge on any atom is -0.326 e. The number of rotatable bonds is 3. The standard InChI is InChI=1S/C12H11ClN2S/c13-11-7-9(8-14)1-2-12(11)16-10-3-5-15-6-4-10/h1-7H,8,14H2. The predicted octanol–water partition coefficient (Wildman–Crippen LogP) is 3.34. The monoisotopic (exact) mass is 250 g/mol. The molecule has 2 aromatic rings. The zero-order valence-electron chi connectivity index (χ0n) is 8.56. The molecular weight excluding hydrogens is 240 g/mol. The van der Waals surface area contributed by atoms with Gasteiger partial charge in [-0.15, -0.1) is 0 Å². The van der Waals surface area contributed by atoms with Gasteiger partial charge in [0.05, 0.1) is 5.02 Å². The van der Waals surface area contributed by atoms with Crippen LogP contribution >= 0.6 is 23.4 Å². The Morgan fingerprint density at radius 1 is 1.19 bits per heavy atom. The molecule has 0 aliphatic rings. The average molecular weight is 251 g/mol. The summed E-state index contributed by atoms with van der Waals surface area (Å²) < 4.78 is 0. The number of hydrogen-bond donors (Lipinski definition) is 1. The van der Waals surface area contributed by atoms with Crippen LogP contribution in [0.2, 0.25) is 5.02 Å². The molecule has 0 aliphatic carbocycles. The van der Waals surface area contributed by atoms with Crippen molar-refractivity contribution in [1.82, 2.24) is 4.98 Å². The van der Waals surface area contributed by atoms with Gasteiger partial charge in [-0.3, -0.25) is 4.98 Å². The lowest BCUT2D eigenvalue weighted by Gasteiger charge is -2.05. The van der Waals surface area contributed by atoms with Crippen LogP contribution in [-0.4, -0.2) is 4.98 Å². The number of hydrogen-bond acceptors (Lipinski definition) is 3. The van der Waals surface area contributed by atoms with Crippen LogP contribution in [0, 0.1) is 0 Å². The molecule has 1 heterocycles. The highest BCUT2D eigenvalue weighted by Gasteiger charge is 2.03. The molecule has 0 saturated heterocycles. The lowest BCUT2D eigenvalue weighted by Crippen LogP contribution is -1.95. The summed E-state index contributed by atoms with van der Waals surface area (Å²) in [6.45, 7) is 0.514. The van der Waals surface area contributed by atoms with Gasteiger partial charge in [0, 0.05) is 28.7 Å². The van der Waals surface area contributed by atoms with Crippen LogP contribution in [0.1, 0.15) is 5.56 Å². The molecule has 1 aromatic heterocycles. The molecule has 0 amide bonds. The van der Waals surface area contributed by atoms with Crippen molar-refractivity contribution in [2.75, 3.05) is 0 Å². The number of nitrogens with two attached hydrogens (primary N) is 1. The number of pyridine rings is 1. The van der Waals surface area contributed by atoms with Gasteiger partial charge in [-0.2, -0.15) is 0 Å². The van der Waals surface area contributed by atoms with Gasteiger partial charge in [-0.05, 0) is 29.8 Å². The van der Waals surface area contributed by atoms with Crippen LogP contribution in [0.25, 0.3) is 0 Å². The fourth-order valence-corrected chi connectivity index (χ4v) is 2.41. The maximum Gasteiger partial charge on any atom is 0.0548 e. The minimum absolute atomic E-state index is 0.514. The molecule has 4 heteroatoms. The molecule has 0 radical (unpaired) electrons. The lowest BCUT2D eigenvalue weighted by atomic mass is 10.2. The van der Waals surface area contributed by atoms with E-state index >= 15 is 0 Å². The lowest BCUT2D eigenvalue weighted by molar-refractivity contribution is 1.07. The highest BCUT2D eigenvalue weighted by Crippen LogP contribution is 2.33. The first-order valence-corrected chi connectivity index (χ1v) is 6.05. The van der Waals surface area contributed by atoms with Gasteiger partial charge in [0.25, 0.3) is 0 Å². The van der Waals surface area contributed by atoms with Crippen LogP contribution in [-0.2, 0) is 6.54 Å². The van der Waals surface area contributed by atoms with E-state index in [0.29, 0.717) is 6.54 Å². The first-order chi connectivity index (χ1) is 7.79. The largest absolute Gasteiger partial charge is 0.326 e. The summed E-state index contributed by atoms with van der Waals surface area (Å²) in [5.41, 5.74) is 6.59. The summed E-state index contributed by atoms with van der Waals surface area (Å²) >= 11 is 7.79. The minimum atomic E-state index is 0.514. The molecule has 0 spiro atoms. The third-order valence-corrected chi connectivity index (χ3v) is 3.62. The SMILES string of the molecule is NCc1ccc(Sc2ccncc2)c(Cl)c1. The number of aromatic nitrogens is 1. The fourth-order valence-electron chi connectivity index (χ4n) is 1.29. The second-order valence-electron chi connectivity index (χ2n) is 3.25. The Kier molecular flexibility index (Phi) is 3.83. The molecule has 2 nitrogen and oxygen atoms in total. The van der Waals surface area contributed by atoms with Crippen LogP contribution in [0.3, 0.4) is 0 Å². The van der Waals surface area contributed by atoms with Gasteiger partial charge in [0.1, 0.15) is 0 Å². The number of benzene rings is 1. The zero-order valence-corrected chi connectivity index (χ0v) is 10.1. The molecule has 0 bridgehead atoms. The van der Waals surface area contributed by atoms with Crippen molar-refractivity contribution in [2.45, 2.75) is 16.3 Å². The highest BCUT2D eigenvalue weighted by atomic mass is 35.5. The fraction of sp³-hybridized carbons (Fsp3) is 0.0833. The maximum absolute atomic E-state index is 6.17. The molecule has 0 fully saturated rings. The van der Waals surface area contributed by atoms with E-state index in [4.69, 9.17) is 17.3 Å². The normalized spacial score (nSPS) is 10.4. The smallest absolute Gasteiger partial charge is 0.0548 e. The number of halogens is 1. The highest BCUT2D eigenvalue weighted by molar-refractivity contribution is 7.99. The Labute approximate surface area is 104 Å². The van der Waals surface area contributed by atoms with Gasteiger partial charge in [-0.25, -0.2) is 0 Å². The van der Waals surface area contributed by atoms with Crippen molar-refractivity contribution in [2.24, 2.45) is 5.73 Å². The molecule has 0 atom stereocenters. The molecule has 82 valence electrons. The van der Waals surface area contributed by atoms with Crippen molar-refractivity contribution >= 4 is 23.4 Å². The van der Waals surface area contributed by atoms with Gasteiger partial charge in [0.15, 0.2) is 0 Å². The van der Waals surface area contributed by atoms with Crippen LogP contribution in [0.15, 0.2) is 52.5 Å². The summed E-state index contributed by atoms with van der Waals surface area (Å²) in [6.07, 6.45) is 3.54. The number of nitrogens with zero attached hydrogens (tertiary/aromatic N) is 1. The van der Waals surface area contributed by atoms with E-state index in [2.05, 4.69) is 4.98 Å². The Morgan fingerprint density at radius 2 is 1.94 bits per heavy atom. The second-order valence-corrected chi connectivity index (χ2v) is 4.78. The third-order valence-electron chi connectivity index (χ3n) is 2.11. The summed E-state index contributed by atoms with van der Waals surface area (Å²) in [5, 5.41) is 0.741. The van der Waals surface area contributed by atoms with Gasteiger partial charge >= 0.3 is 0 Å². The van der Waals surface area contributed by atoms with Crippen molar-refractivity contribution in [3.05, 3.63) is 53.3 Å². The average Bonchev–Trinajstić information content (AvgIpc) is 2.33.